The Morgan fingerprint density at radius 2 is 0.490 bits per heavy atom. The highest BCUT2D eigenvalue weighted by molar-refractivity contribution is 7.47. The first kappa shape index (κ1) is 96.1. The molecule has 0 aromatic rings. The number of carbonyl (C=O) groups excluding carboxylic acids is 4. The molecule has 0 aromatic carbocycles. The maximum Gasteiger partial charge on any atom is 0.472 e. The van der Waals surface area contributed by atoms with Crippen LogP contribution >= 0.6 is 15.6 Å². The van der Waals surface area contributed by atoms with Crippen LogP contribution in [0.1, 0.15) is 402 Å². The third-order valence-corrected chi connectivity index (χ3v) is 20.9. The van der Waals surface area contributed by atoms with E-state index in [1.807, 2.05) is 0 Å². The summed E-state index contributed by atoms with van der Waals surface area (Å²) in [5.74, 6) is 1.01. The smallest absolute Gasteiger partial charge is 0.462 e. The first-order valence-electron chi connectivity index (χ1n) is 40.8. The molecule has 0 rings (SSSR count). The number of hydrogen-bond donors (Lipinski definition) is 3. The Hall–Kier alpha value is -1.94. The predicted molar refractivity (Wildman–Crippen MR) is 400 cm³/mol. The molecule has 0 saturated carbocycles. The van der Waals surface area contributed by atoms with Crippen LogP contribution in [0.3, 0.4) is 0 Å². The minimum atomic E-state index is -4.96. The maximum atomic E-state index is 13.1. The summed E-state index contributed by atoms with van der Waals surface area (Å²) < 4.78 is 68.6. The van der Waals surface area contributed by atoms with Gasteiger partial charge in [0.15, 0.2) is 12.2 Å². The molecule has 0 bridgehead atoms. The zero-order valence-electron chi connectivity index (χ0n) is 64.4. The molecular weight excluding hydrogens is 1280 g/mol. The maximum absolute atomic E-state index is 13.1. The lowest BCUT2D eigenvalue weighted by atomic mass is 9.99. The van der Waals surface area contributed by atoms with E-state index in [4.69, 9.17) is 37.0 Å². The van der Waals surface area contributed by atoms with Gasteiger partial charge in [-0.25, -0.2) is 9.13 Å². The summed E-state index contributed by atoms with van der Waals surface area (Å²) in [4.78, 5) is 72.9. The van der Waals surface area contributed by atoms with Gasteiger partial charge in [-0.05, 0) is 49.4 Å². The summed E-state index contributed by atoms with van der Waals surface area (Å²) in [6, 6.07) is 0. The van der Waals surface area contributed by atoms with Crippen LogP contribution in [-0.4, -0.2) is 96.7 Å². The van der Waals surface area contributed by atoms with E-state index in [0.29, 0.717) is 25.7 Å². The van der Waals surface area contributed by atoms with Gasteiger partial charge >= 0.3 is 39.5 Å². The highest BCUT2D eigenvalue weighted by Crippen LogP contribution is 2.45. The van der Waals surface area contributed by atoms with E-state index >= 15 is 0 Å². The van der Waals surface area contributed by atoms with Crippen molar-refractivity contribution in [2.24, 2.45) is 23.7 Å². The molecule has 4 unspecified atom stereocenters. The van der Waals surface area contributed by atoms with Gasteiger partial charge in [0.2, 0.25) is 0 Å². The Kier molecular flexibility index (Phi) is 66.8. The van der Waals surface area contributed by atoms with E-state index in [1.54, 1.807) is 0 Å². The number of rotatable bonds is 76. The number of carbonyl (C=O) groups is 4. The lowest BCUT2D eigenvalue weighted by Crippen LogP contribution is -2.30. The Balaban J connectivity index is 5.25. The number of ether oxygens (including phenoxy) is 4. The standard InChI is InChI=1S/C79H154O17P2/c1-9-71(7)57-49-41-33-27-23-24-30-36-46-54-62-79(84)96-75(66-90-77(82)60-52-44-38-37-42-50-58-72(8)10-2)68-94-98(87,88)92-64-73(80)63-91-97(85,86)93-67-74(65-89-76(81)59-51-43-34-28-21-18-17-20-26-32-40-48-56-70(5)6)95-78(83)61-53-45-35-29-22-16-14-12-11-13-15-19-25-31-39-47-55-69(3)4/h69-75,80H,9-68H2,1-8H3,(H,85,86)(H,87,88)/t71?,72?,73-,74-,75-/m1/s1. The van der Waals surface area contributed by atoms with Gasteiger partial charge in [-0.15, -0.1) is 0 Å². The number of unbranched alkanes of at least 4 members (excludes halogenated alkanes) is 40. The average molecular weight is 1440 g/mol. The molecule has 0 fully saturated rings. The Bertz CT molecular complexity index is 1920. The summed E-state index contributed by atoms with van der Waals surface area (Å²) in [7, 11) is -9.92. The largest absolute Gasteiger partial charge is 0.472 e. The third kappa shape index (κ3) is 69.8. The molecule has 98 heavy (non-hydrogen) atoms. The van der Waals surface area contributed by atoms with Crippen molar-refractivity contribution >= 4 is 39.5 Å². The summed E-state index contributed by atoms with van der Waals surface area (Å²) in [6.07, 6.45) is 54.0. The van der Waals surface area contributed by atoms with Gasteiger partial charge in [-0.1, -0.05) is 351 Å². The molecular formula is C79H154O17P2. The predicted octanol–water partition coefficient (Wildman–Crippen LogP) is 23.2. The van der Waals surface area contributed by atoms with Crippen molar-refractivity contribution in [2.75, 3.05) is 39.6 Å². The molecule has 0 aromatic heterocycles. The molecule has 0 heterocycles. The molecule has 0 saturated heterocycles. The van der Waals surface area contributed by atoms with Crippen molar-refractivity contribution in [3.8, 4) is 0 Å². The number of aliphatic hydroxyl groups is 1. The Morgan fingerprint density at radius 3 is 0.724 bits per heavy atom. The topological polar surface area (TPSA) is 237 Å². The van der Waals surface area contributed by atoms with Crippen LogP contribution in [0.25, 0.3) is 0 Å². The van der Waals surface area contributed by atoms with Gasteiger partial charge in [0, 0.05) is 25.7 Å². The quantitative estimate of drug-likeness (QED) is 0.0222. The molecule has 0 aliphatic carbocycles. The first-order chi connectivity index (χ1) is 47.2. The molecule has 3 N–H and O–H groups in total. The fourth-order valence-electron chi connectivity index (χ4n) is 12.0. The van der Waals surface area contributed by atoms with Crippen LogP contribution in [-0.2, 0) is 65.4 Å². The van der Waals surface area contributed by atoms with E-state index in [0.717, 1.165) is 120 Å². The van der Waals surface area contributed by atoms with Crippen LogP contribution < -0.4 is 0 Å². The molecule has 7 atom stereocenters. The van der Waals surface area contributed by atoms with Crippen LogP contribution in [0.4, 0.5) is 0 Å². The summed E-state index contributed by atoms with van der Waals surface area (Å²) >= 11 is 0. The number of phosphoric ester groups is 2. The first-order valence-corrected chi connectivity index (χ1v) is 43.8. The minimum Gasteiger partial charge on any atom is -0.462 e. The van der Waals surface area contributed by atoms with Crippen LogP contribution in [0.2, 0.25) is 0 Å². The SMILES string of the molecule is CCC(C)CCCCCCCCCCCCC(=O)O[C@H](COC(=O)CCCCCCCCC(C)CC)COP(=O)(O)OC[C@H](O)COP(=O)(O)OC[C@@H](COC(=O)CCCCCCCCCCCCCCC(C)C)OC(=O)CCCCCCCCCCCCCCCCCCC(C)C. The molecule has 19 heteroatoms. The summed E-state index contributed by atoms with van der Waals surface area (Å²) in [5, 5.41) is 10.6. The van der Waals surface area contributed by atoms with E-state index < -0.39 is 97.5 Å². The highest BCUT2D eigenvalue weighted by Gasteiger charge is 2.30. The summed E-state index contributed by atoms with van der Waals surface area (Å²) in [5.41, 5.74) is 0. The van der Waals surface area contributed by atoms with Gasteiger partial charge in [0.1, 0.15) is 19.3 Å². The molecule has 0 radical (unpaired) electrons. The van der Waals surface area contributed by atoms with E-state index in [-0.39, 0.29) is 25.7 Å². The molecule has 582 valence electrons. The molecule has 0 amide bonds. The Morgan fingerprint density at radius 1 is 0.286 bits per heavy atom. The minimum absolute atomic E-state index is 0.105. The number of esters is 4. The lowest BCUT2D eigenvalue weighted by Gasteiger charge is -2.21. The lowest BCUT2D eigenvalue weighted by molar-refractivity contribution is -0.161. The second kappa shape index (κ2) is 68.2. The average Bonchev–Trinajstić information content (AvgIpc) is 0.963. The molecule has 0 aliphatic rings. The van der Waals surface area contributed by atoms with E-state index in [2.05, 4.69) is 55.4 Å². The number of aliphatic hydroxyl groups excluding tert-OH is 1. The number of hydrogen-bond acceptors (Lipinski definition) is 15. The van der Waals surface area contributed by atoms with E-state index in [1.165, 1.54) is 199 Å². The van der Waals surface area contributed by atoms with Crippen molar-refractivity contribution in [3.63, 3.8) is 0 Å². The van der Waals surface area contributed by atoms with Gasteiger partial charge in [0.05, 0.1) is 26.4 Å². The Labute approximate surface area is 600 Å². The van der Waals surface area contributed by atoms with Crippen molar-refractivity contribution in [3.05, 3.63) is 0 Å². The molecule has 0 aliphatic heterocycles. The van der Waals surface area contributed by atoms with Gasteiger partial charge in [-0.3, -0.25) is 37.3 Å². The molecule has 0 spiro atoms. The fraction of sp³-hybridized carbons (Fsp3) is 0.949. The highest BCUT2D eigenvalue weighted by atomic mass is 31.2. The van der Waals surface area contributed by atoms with E-state index in [9.17, 15) is 43.2 Å². The zero-order valence-corrected chi connectivity index (χ0v) is 66.2. The second-order valence-electron chi connectivity index (χ2n) is 29.9. The second-order valence-corrected chi connectivity index (χ2v) is 32.8. The van der Waals surface area contributed by atoms with Gasteiger partial charge in [-0.2, -0.15) is 0 Å². The van der Waals surface area contributed by atoms with Gasteiger partial charge in [0.25, 0.3) is 0 Å². The third-order valence-electron chi connectivity index (χ3n) is 19.0. The van der Waals surface area contributed by atoms with Crippen LogP contribution in [0.5, 0.6) is 0 Å². The fourth-order valence-corrected chi connectivity index (χ4v) is 13.6. The van der Waals surface area contributed by atoms with Crippen molar-refractivity contribution < 1.29 is 80.2 Å². The molecule has 17 nitrogen and oxygen atoms in total. The van der Waals surface area contributed by atoms with Crippen molar-refractivity contribution in [2.45, 2.75) is 420 Å². The monoisotopic (exact) mass is 1440 g/mol. The van der Waals surface area contributed by atoms with Crippen LogP contribution in [0.15, 0.2) is 0 Å². The van der Waals surface area contributed by atoms with Gasteiger partial charge < -0.3 is 33.8 Å². The normalized spacial score (nSPS) is 14.6. The number of phosphoric acid groups is 2. The zero-order chi connectivity index (χ0) is 72.4. The van der Waals surface area contributed by atoms with Crippen LogP contribution in [0, 0.1) is 23.7 Å². The van der Waals surface area contributed by atoms with Crippen molar-refractivity contribution in [1.29, 1.82) is 0 Å². The van der Waals surface area contributed by atoms with Crippen molar-refractivity contribution in [1.82, 2.24) is 0 Å². The summed E-state index contributed by atoms with van der Waals surface area (Å²) in [6.45, 7) is 14.3.